The first-order valence-corrected chi connectivity index (χ1v) is 7.84. The monoisotopic (exact) mass is 341 g/mol. The number of benzene rings is 1. The van der Waals surface area contributed by atoms with Crippen LogP contribution in [0.1, 0.15) is 10.5 Å². The molecule has 3 aromatic rings. The van der Waals surface area contributed by atoms with Gasteiger partial charge in [-0.15, -0.1) is 0 Å². The van der Waals surface area contributed by atoms with Gasteiger partial charge in [0, 0.05) is 42.0 Å². The fourth-order valence-electron chi connectivity index (χ4n) is 2.37. The molecule has 5 nitrogen and oxygen atoms in total. The van der Waals surface area contributed by atoms with Gasteiger partial charge in [-0.05, 0) is 29.8 Å². The number of carbonyl (C=O) groups is 1. The molecule has 0 aliphatic heterocycles. The van der Waals surface area contributed by atoms with Gasteiger partial charge in [-0.1, -0.05) is 23.7 Å². The molecule has 0 radical (unpaired) electrons. The van der Waals surface area contributed by atoms with Gasteiger partial charge in [-0.25, -0.2) is 4.98 Å². The molecule has 1 N–H and O–H groups in total. The number of amides is 1. The lowest BCUT2D eigenvalue weighted by atomic mass is 10.0. The highest BCUT2D eigenvalue weighted by molar-refractivity contribution is 6.30. The number of hydrogen-bond acceptors (Lipinski definition) is 4. The van der Waals surface area contributed by atoms with E-state index >= 15 is 0 Å². The molecule has 0 saturated heterocycles. The summed E-state index contributed by atoms with van der Waals surface area (Å²) in [5.41, 5.74) is 2.89. The third kappa shape index (κ3) is 3.53. The average Bonchev–Trinajstić information content (AvgIpc) is 2.61. The molecular weight excluding hydrogens is 326 g/mol. The van der Waals surface area contributed by atoms with Crippen LogP contribution in [0.4, 0.5) is 0 Å². The van der Waals surface area contributed by atoms with Crippen LogP contribution in [0, 0.1) is 0 Å². The Morgan fingerprint density at radius 2 is 1.96 bits per heavy atom. The van der Waals surface area contributed by atoms with Gasteiger partial charge in [0.05, 0.1) is 12.1 Å². The van der Waals surface area contributed by atoms with Gasteiger partial charge in [0.25, 0.3) is 5.91 Å². The normalized spacial score (nSPS) is 10.8. The number of halogens is 1. The number of nitrogens with one attached hydrogen (secondary N) is 1. The zero-order valence-corrected chi connectivity index (χ0v) is 13.9. The quantitative estimate of drug-likeness (QED) is 0.723. The van der Waals surface area contributed by atoms with Crippen molar-refractivity contribution in [3.63, 3.8) is 0 Å². The Balaban J connectivity index is 2.00. The number of ether oxygens (including phenoxy) is 1. The second-order valence-corrected chi connectivity index (χ2v) is 5.65. The van der Waals surface area contributed by atoms with Crippen LogP contribution < -0.4 is 5.32 Å². The largest absolute Gasteiger partial charge is 0.383 e. The number of pyridine rings is 2. The zero-order chi connectivity index (χ0) is 16.9. The molecule has 0 saturated carbocycles. The van der Waals surface area contributed by atoms with Crippen molar-refractivity contribution in [3.8, 4) is 11.1 Å². The van der Waals surface area contributed by atoms with E-state index in [1.165, 1.54) is 0 Å². The van der Waals surface area contributed by atoms with E-state index < -0.39 is 0 Å². The molecule has 0 aliphatic rings. The van der Waals surface area contributed by atoms with Crippen molar-refractivity contribution in [2.45, 2.75) is 0 Å². The number of fused-ring (bicyclic) bond motifs is 1. The summed E-state index contributed by atoms with van der Waals surface area (Å²) in [4.78, 5) is 21.0. The predicted molar refractivity (Wildman–Crippen MR) is 94.2 cm³/mol. The first kappa shape index (κ1) is 16.4. The number of aromatic nitrogens is 2. The van der Waals surface area contributed by atoms with E-state index in [0.29, 0.717) is 23.9 Å². The van der Waals surface area contributed by atoms with Crippen LogP contribution in [0.5, 0.6) is 0 Å². The molecule has 6 heteroatoms. The van der Waals surface area contributed by atoms with E-state index in [1.807, 2.05) is 30.3 Å². The van der Waals surface area contributed by atoms with Crippen molar-refractivity contribution in [1.82, 2.24) is 15.3 Å². The molecule has 3 rings (SSSR count). The molecule has 1 amide bonds. The van der Waals surface area contributed by atoms with Gasteiger partial charge in [-0.2, -0.15) is 0 Å². The van der Waals surface area contributed by atoms with Crippen molar-refractivity contribution in [1.29, 1.82) is 0 Å². The maximum atomic E-state index is 12.2. The van der Waals surface area contributed by atoms with Crippen LogP contribution >= 0.6 is 11.6 Å². The van der Waals surface area contributed by atoms with E-state index in [4.69, 9.17) is 16.3 Å². The predicted octanol–water partition coefficient (Wildman–Crippen LogP) is 3.33. The average molecular weight is 342 g/mol. The maximum absolute atomic E-state index is 12.2. The summed E-state index contributed by atoms with van der Waals surface area (Å²) in [5, 5.41) is 4.31. The first-order chi connectivity index (χ1) is 11.7. The number of nitrogens with zero attached hydrogens (tertiary/aromatic N) is 2. The molecule has 2 aromatic heterocycles. The van der Waals surface area contributed by atoms with Gasteiger partial charge < -0.3 is 10.1 Å². The number of hydrogen-bond donors (Lipinski definition) is 1. The van der Waals surface area contributed by atoms with Gasteiger partial charge in [0.2, 0.25) is 0 Å². The summed E-state index contributed by atoms with van der Waals surface area (Å²) >= 11 is 5.95. The Hall–Kier alpha value is -2.50. The SMILES string of the molecule is COCCNC(=O)c1ccc2cncc(-c3ccc(Cl)cc3)c2n1. The summed E-state index contributed by atoms with van der Waals surface area (Å²) in [6.07, 6.45) is 3.47. The van der Waals surface area contributed by atoms with Crippen molar-refractivity contribution < 1.29 is 9.53 Å². The Morgan fingerprint density at radius 3 is 2.71 bits per heavy atom. The summed E-state index contributed by atoms with van der Waals surface area (Å²) < 4.78 is 4.93. The van der Waals surface area contributed by atoms with E-state index in [2.05, 4.69) is 15.3 Å². The van der Waals surface area contributed by atoms with Gasteiger partial charge in [-0.3, -0.25) is 9.78 Å². The zero-order valence-electron chi connectivity index (χ0n) is 13.1. The van der Waals surface area contributed by atoms with E-state index in [-0.39, 0.29) is 5.91 Å². The minimum absolute atomic E-state index is 0.229. The lowest BCUT2D eigenvalue weighted by Crippen LogP contribution is -2.27. The highest BCUT2D eigenvalue weighted by atomic mass is 35.5. The Labute approximate surface area is 144 Å². The number of carbonyl (C=O) groups excluding carboxylic acids is 1. The summed E-state index contributed by atoms with van der Waals surface area (Å²) in [6, 6.07) is 11.0. The molecule has 0 spiro atoms. The second kappa shape index (κ2) is 7.38. The van der Waals surface area contributed by atoms with E-state index in [0.717, 1.165) is 22.0 Å². The standard InChI is InChI=1S/C18H16ClN3O2/c1-24-9-8-21-18(23)16-7-4-13-10-20-11-15(17(13)22-16)12-2-5-14(19)6-3-12/h2-7,10-11H,8-9H2,1H3,(H,21,23). The third-order valence-electron chi connectivity index (χ3n) is 3.58. The van der Waals surface area contributed by atoms with Crippen LogP contribution in [-0.2, 0) is 4.74 Å². The molecule has 1 aromatic carbocycles. The molecule has 24 heavy (non-hydrogen) atoms. The topological polar surface area (TPSA) is 64.1 Å². The van der Waals surface area contributed by atoms with Crippen LogP contribution in [0.3, 0.4) is 0 Å². The Kier molecular flexibility index (Phi) is 5.03. The van der Waals surface area contributed by atoms with Crippen LogP contribution in [0.15, 0.2) is 48.8 Å². The minimum Gasteiger partial charge on any atom is -0.383 e. The molecule has 0 aliphatic carbocycles. The van der Waals surface area contributed by atoms with E-state index in [9.17, 15) is 4.79 Å². The van der Waals surface area contributed by atoms with Crippen molar-refractivity contribution in [2.75, 3.05) is 20.3 Å². The molecule has 0 fully saturated rings. The molecular formula is C18H16ClN3O2. The summed E-state index contributed by atoms with van der Waals surface area (Å²) in [6.45, 7) is 0.898. The minimum atomic E-state index is -0.229. The second-order valence-electron chi connectivity index (χ2n) is 5.21. The van der Waals surface area contributed by atoms with Gasteiger partial charge in [0.1, 0.15) is 5.69 Å². The molecule has 122 valence electrons. The number of rotatable bonds is 5. The maximum Gasteiger partial charge on any atom is 0.269 e. The van der Waals surface area contributed by atoms with Crippen molar-refractivity contribution in [3.05, 3.63) is 59.5 Å². The smallest absolute Gasteiger partial charge is 0.269 e. The summed E-state index contributed by atoms with van der Waals surface area (Å²) in [7, 11) is 1.59. The Bertz CT molecular complexity index is 866. The van der Waals surface area contributed by atoms with Gasteiger partial charge in [0.15, 0.2) is 0 Å². The van der Waals surface area contributed by atoms with Gasteiger partial charge >= 0.3 is 0 Å². The first-order valence-electron chi connectivity index (χ1n) is 7.47. The molecule has 0 unspecified atom stereocenters. The fraction of sp³-hybridized carbons (Fsp3) is 0.167. The molecule has 0 bridgehead atoms. The highest BCUT2D eigenvalue weighted by Gasteiger charge is 2.11. The molecule has 0 atom stereocenters. The lowest BCUT2D eigenvalue weighted by molar-refractivity contribution is 0.0932. The van der Waals surface area contributed by atoms with Crippen LogP contribution in [-0.4, -0.2) is 36.1 Å². The molecule has 2 heterocycles. The lowest BCUT2D eigenvalue weighted by Gasteiger charge is -2.08. The highest BCUT2D eigenvalue weighted by Crippen LogP contribution is 2.27. The Morgan fingerprint density at radius 1 is 1.17 bits per heavy atom. The summed E-state index contributed by atoms with van der Waals surface area (Å²) in [5.74, 6) is -0.229. The third-order valence-corrected chi connectivity index (χ3v) is 3.83. The number of methoxy groups -OCH3 is 1. The van der Waals surface area contributed by atoms with E-state index in [1.54, 1.807) is 25.6 Å². The van der Waals surface area contributed by atoms with Crippen LogP contribution in [0.25, 0.3) is 22.0 Å². The van der Waals surface area contributed by atoms with Crippen molar-refractivity contribution in [2.24, 2.45) is 0 Å². The fourth-order valence-corrected chi connectivity index (χ4v) is 2.49. The van der Waals surface area contributed by atoms with Crippen LogP contribution in [0.2, 0.25) is 5.02 Å². The van der Waals surface area contributed by atoms with Crippen molar-refractivity contribution >= 4 is 28.4 Å².